The fraction of sp³-hybridized carbons (Fsp3) is 0. The molecule has 9 aromatic rings. The van der Waals surface area contributed by atoms with Crippen molar-refractivity contribution in [1.29, 1.82) is 0 Å². The van der Waals surface area contributed by atoms with Crippen molar-refractivity contribution >= 4 is 32.4 Å². The lowest BCUT2D eigenvalue weighted by molar-refractivity contribution is 1.07. The second kappa shape index (κ2) is 11.6. The van der Waals surface area contributed by atoms with E-state index >= 15 is 0 Å². The van der Waals surface area contributed by atoms with E-state index in [0.29, 0.717) is 17.5 Å². The molecule has 0 aliphatic heterocycles. The molecular weight excluding hydrogens is 587 g/mol. The molecule has 0 atom stereocenters. The molecule has 0 spiro atoms. The number of para-hydroxylation sites is 1. The Hall–Kier alpha value is -6.59. The summed E-state index contributed by atoms with van der Waals surface area (Å²) >= 11 is 0. The maximum absolute atomic E-state index is 5.31. The first-order valence-corrected chi connectivity index (χ1v) is 15.9. The summed E-state index contributed by atoms with van der Waals surface area (Å²) in [5, 5.41) is 5.82. The number of benzene rings is 6. The molecule has 5 heteroatoms. The van der Waals surface area contributed by atoms with Crippen LogP contribution in [0.15, 0.2) is 164 Å². The van der Waals surface area contributed by atoms with E-state index in [1.54, 1.807) is 6.20 Å². The highest BCUT2D eigenvalue weighted by Gasteiger charge is 2.18. The zero-order chi connectivity index (χ0) is 31.9. The molecule has 0 unspecified atom stereocenters. The van der Waals surface area contributed by atoms with Crippen molar-refractivity contribution in [3.8, 4) is 56.5 Å². The van der Waals surface area contributed by atoms with Crippen LogP contribution >= 0.6 is 0 Å². The molecular formula is C43H27N5. The quantitative estimate of drug-likeness (QED) is 0.181. The minimum absolute atomic E-state index is 0.588. The SMILES string of the molecule is c1ccc(-c2nc(-c3ccccc3)nc(-c3cc(-c4cccnc4)cc(-c4nc5ccccc5c5c4ccc4ccccc45)c3)n2)cc1. The molecule has 9 rings (SSSR count). The third-order valence-corrected chi connectivity index (χ3v) is 8.75. The Morgan fingerprint density at radius 2 is 0.938 bits per heavy atom. The van der Waals surface area contributed by atoms with Gasteiger partial charge < -0.3 is 0 Å². The van der Waals surface area contributed by atoms with Gasteiger partial charge >= 0.3 is 0 Å². The summed E-state index contributed by atoms with van der Waals surface area (Å²) in [4.78, 5) is 24.8. The van der Waals surface area contributed by atoms with Crippen LogP contribution in [0.3, 0.4) is 0 Å². The van der Waals surface area contributed by atoms with Gasteiger partial charge in [0.15, 0.2) is 17.5 Å². The van der Waals surface area contributed by atoms with Crippen molar-refractivity contribution in [1.82, 2.24) is 24.9 Å². The Balaban J connectivity index is 1.34. The molecule has 3 heterocycles. The first-order valence-electron chi connectivity index (χ1n) is 15.9. The summed E-state index contributed by atoms with van der Waals surface area (Å²) in [6.07, 6.45) is 3.68. The standard InChI is InChI=1S/C43H27N5/c1-3-13-29(14-4-1)41-46-42(30-15-5-2-6-16-30)48-43(47-41)34-25-32(31-17-11-23-44-27-31)24-33(26-34)40-37-22-21-28-12-7-8-18-35(28)39(37)36-19-9-10-20-38(36)45-40/h1-27H. The van der Waals surface area contributed by atoms with Crippen LogP contribution in [0.5, 0.6) is 0 Å². The van der Waals surface area contributed by atoms with Gasteiger partial charge in [0.2, 0.25) is 0 Å². The number of hydrogen-bond donors (Lipinski definition) is 0. The minimum Gasteiger partial charge on any atom is -0.264 e. The van der Waals surface area contributed by atoms with Gasteiger partial charge in [0.1, 0.15) is 0 Å². The Morgan fingerprint density at radius 1 is 0.354 bits per heavy atom. The van der Waals surface area contributed by atoms with Crippen molar-refractivity contribution in [2.24, 2.45) is 0 Å². The van der Waals surface area contributed by atoms with E-state index < -0.39 is 0 Å². The lowest BCUT2D eigenvalue weighted by atomic mass is 9.93. The molecule has 0 bridgehead atoms. The average Bonchev–Trinajstić information content (AvgIpc) is 3.18. The van der Waals surface area contributed by atoms with E-state index in [1.165, 1.54) is 16.2 Å². The molecule has 0 saturated carbocycles. The fourth-order valence-electron chi connectivity index (χ4n) is 6.47. The third-order valence-electron chi connectivity index (χ3n) is 8.75. The fourth-order valence-corrected chi connectivity index (χ4v) is 6.47. The van der Waals surface area contributed by atoms with Gasteiger partial charge in [-0.15, -0.1) is 0 Å². The highest BCUT2D eigenvalue weighted by molar-refractivity contribution is 6.22. The number of nitrogens with zero attached hydrogens (tertiary/aromatic N) is 5. The van der Waals surface area contributed by atoms with Crippen LogP contribution in [0.2, 0.25) is 0 Å². The van der Waals surface area contributed by atoms with Crippen LogP contribution < -0.4 is 0 Å². The zero-order valence-corrected chi connectivity index (χ0v) is 25.8. The third kappa shape index (κ3) is 4.95. The summed E-state index contributed by atoms with van der Waals surface area (Å²) in [6, 6.07) is 52.0. The smallest absolute Gasteiger partial charge is 0.164 e. The summed E-state index contributed by atoms with van der Waals surface area (Å²) < 4.78 is 0. The van der Waals surface area contributed by atoms with Crippen LogP contribution in [-0.2, 0) is 0 Å². The lowest BCUT2D eigenvalue weighted by Gasteiger charge is -2.15. The van der Waals surface area contributed by atoms with Gasteiger partial charge in [0.25, 0.3) is 0 Å². The molecule has 0 saturated heterocycles. The largest absolute Gasteiger partial charge is 0.264 e. The predicted octanol–water partition coefficient (Wildman–Crippen LogP) is 10.5. The van der Waals surface area contributed by atoms with E-state index in [2.05, 4.69) is 89.9 Å². The summed E-state index contributed by atoms with van der Waals surface area (Å²) in [6.45, 7) is 0. The molecule has 224 valence electrons. The summed E-state index contributed by atoms with van der Waals surface area (Å²) in [5.74, 6) is 1.83. The van der Waals surface area contributed by atoms with Crippen LogP contribution in [0.25, 0.3) is 89.0 Å². The monoisotopic (exact) mass is 613 g/mol. The molecule has 48 heavy (non-hydrogen) atoms. The van der Waals surface area contributed by atoms with Crippen molar-refractivity contribution in [3.63, 3.8) is 0 Å². The minimum atomic E-state index is 0.588. The molecule has 6 aromatic carbocycles. The number of fused-ring (bicyclic) bond motifs is 5. The van der Waals surface area contributed by atoms with Gasteiger partial charge in [-0.1, -0.05) is 121 Å². The van der Waals surface area contributed by atoms with Crippen LogP contribution in [-0.4, -0.2) is 24.9 Å². The molecule has 0 aliphatic rings. The molecule has 0 amide bonds. The van der Waals surface area contributed by atoms with Gasteiger partial charge in [-0.3, -0.25) is 4.98 Å². The number of pyridine rings is 2. The maximum Gasteiger partial charge on any atom is 0.164 e. The topological polar surface area (TPSA) is 64.5 Å². The normalized spacial score (nSPS) is 11.3. The van der Waals surface area contributed by atoms with Crippen molar-refractivity contribution in [2.75, 3.05) is 0 Å². The molecule has 5 nitrogen and oxygen atoms in total. The molecule has 0 aliphatic carbocycles. The Kier molecular flexibility index (Phi) is 6.72. The maximum atomic E-state index is 5.31. The second-order valence-corrected chi connectivity index (χ2v) is 11.8. The number of aromatic nitrogens is 5. The zero-order valence-electron chi connectivity index (χ0n) is 25.8. The van der Waals surface area contributed by atoms with E-state index in [1.807, 2.05) is 72.9 Å². The van der Waals surface area contributed by atoms with Crippen LogP contribution in [0, 0.1) is 0 Å². The summed E-state index contributed by atoms with van der Waals surface area (Å²) in [7, 11) is 0. The predicted molar refractivity (Wildman–Crippen MR) is 195 cm³/mol. The Morgan fingerprint density at radius 3 is 1.65 bits per heavy atom. The highest BCUT2D eigenvalue weighted by Crippen LogP contribution is 2.39. The van der Waals surface area contributed by atoms with Gasteiger partial charge in [-0.2, -0.15) is 0 Å². The van der Waals surface area contributed by atoms with E-state index in [-0.39, 0.29) is 0 Å². The van der Waals surface area contributed by atoms with Gasteiger partial charge in [-0.05, 0) is 46.7 Å². The summed E-state index contributed by atoms with van der Waals surface area (Å²) in [5.41, 5.74) is 7.54. The van der Waals surface area contributed by atoms with Gasteiger partial charge in [-0.25, -0.2) is 19.9 Å². The van der Waals surface area contributed by atoms with Crippen molar-refractivity contribution in [3.05, 3.63) is 164 Å². The number of hydrogen-bond acceptors (Lipinski definition) is 5. The molecule has 3 aromatic heterocycles. The first-order chi connectivity index (χ1) is 23.8. The Labute approximate surface area is 277 Å². The molecule has 0 fully saturated rings. The highest BCUT2D eigenvalue weighted by atomic mass is 15.0. The molecule has 0 radical (unpaired) electrons. The second-order valence-electron chi connectivity index (χ2n) is 11.8. The Bertz CT molecular complexity index is 2530. The van der Waals surface area contributed by atoms with Gasteiger partial charge in [0.05, 0.1) is 11.2 Å². The van der Waals surface area contributed by atoms with E-state index in [4.69, 9.17) is 19.9 Å². The van der Waals surface area contributed by atoms with Crippen molar-refractivity contribution in [2.45, 2.75) is 0 Å². The van der Waals surface area contributed by atoms with Crippen LogP contribution in [0.1, 0.15) is 0 Å². The first kappa shape index (κ1) is 27.7. The number of rotatable bonds is 5. The van der Waals surface area contributed by atoms with Crippen molar-refractivity contribution < 1.29 is 0 Å². The van der Waals surface area contributed by atoms with Gasteiger partial charge in [0, 0.05) is 56.4 Å². The molecule has 0 N–H and O–H groups in total. The van der Waals surface area contributed by atoms with E-state index in [9.17, 15) is 0 Å². The van der Waals surface area contributed by atoms with E-state index in [0.717, 1.165) is 55.4 Å². The average molecular weight is 614 g/mol. The lowest BCUT2D eigenvalue weighted by Crippen LogP contribution is -2.01. The van der Waals surface area contributed by atoms with Crippen LogP contribution in [0.4, 0.5) is 0 Å².